The molecule has 106 valence electrons. The molecule has 0 aliphatic heterocycles. The first-order chi connectivity index (χ1) is 9.74. The van der Waals surface area contributed by atoms with Gasteiger partial charge in [0.25, 0.3) is 6.01 Å². The SMILES string of the molecule is CCOC(=O)c1coc(N(CC)Cc2ccccn2)n1. The van der Waals surface area contributed by atoms with E-state index in [0.29, 0.717) is 25.7 Å². The lowest BCUT2D eigenvalue weighted by atomic mass is 10.3. The van der Waals surface area contributed by atoms with Gasteiger partial charge in [-0.25, -0.2) is 4.79 Å². The minimum Gasteiger partial charge on any atom is -0.461 e. The minimum absolute atomic E-state index is 0.182. The van der Waals surface area contributed by atoms with Gasteiger partial charge in [-0.1, -0.05) is 6.07 Å². The lowest BCUT2D eigenvalue weighted by molar-refractivity contribution is 0.0519. The summed E-state index contributed by atoms with van der Waals surface area (Å²) < 4.78 is 10.2. The first-order valence-corrected chi connectivity index (χ1v) is 6.52. The molecular formula is C14H17N3O3. The van der Waals surface area contributed by atoms with Gasteiger partial charge in [0.2, 0.25) is 0 Å². The Kier molecular flexibility index (Phi) is 4.70. The maximum absolute atomic E-state index is 11.6. The average Bonchev–Trinajstić information content (AvgIpc) is 2.96. The fraction of sp³-hybridized carbons (Fsp3) is 0.357. The third-order valence-corrected chi connectivity index (χ3v) is 2.71. The molecule has 0 aliphatic rings. The Morgan fingerprint density at radius 3 is 2.90 bits per heavy atom. The van der Waals surface area contributed by atoms with E-state index in [1.165, 1.54) is 6.26 Å². The van der Waals surface area contributed by atoms with Crippen LogP contribution >= 0.6 is 0 Å². The Morgan fingerprint density at radius 2 is 2.25 bits per heavy atom. The quantitative estimate of drug-likeness (QED) is 0.753. The van der Waals surface area contributed by atoms with Crippen molar-refractivity contribution in [1.82, 2.24) is 9.97 Å². The van der Waals surface area contributed by atoms with E-state index >= 15 is 0 Å². The van der Waals surface area contributed by atoms with Crippen LogP contribution in [0, 0.1) is 0 Å². The van der Waals surface area contributed by atoms with Crippen LogP contribution in [-0.4, -0.2) is 29.1 Å². The molecule has 0 atom stereocenters. The summed E-state index contributed by atoms with van der Waals surface area (Å²) in [4.78, 5) is 21.9. The van der Waals surface area contributed by atoms with Crippen molar-refractivity contribution in [2.24, 2.45) is 0 Å². The highest BCUT2D eigenvalue weighted by Crippen LogP contribution is 2.16. The van der Waals surface area contributed by atoms with Crippen LogP contribution in [0.25, 0.3) is 0 Å². The van der Waals surface area contributed by atoms with Crippen molar-refractivity contribution >= 4 is 12.0 Å². The Hall–Kier alpha value is -2.37. The van der Waals surface area contributed by atoms with Crippen LogP contribution in [0.5, 0.6) is 0 Å². The molecule has 2 rings (SSSR count). The molecule has 0 saturated carbocycles. The van der Waals surface area contributed by atoms with Gasteiger partial charge in [-0.3, -0.25) is 4.98 Å². The van der Waals surface area contributed by atoms with E-state index in [0.717, 1.165) is 5.69 Å². The average molecular weight is 275 g/mol. The van der Waals surface area contributed by atoms with E-state index in [1.54, 1.807) is 13.1 Å². The van der Waals surface area contributed by atoms with E-state index in [4.69, 9.17) is 9.15 Å². The van der Waals surface area contributed by atoms with Crippen LogP contribution in [0.1, 0.15) is 30.0 Å². The summed E-state index contributed by atoms with van der Waals surface area (Å²) in [5.74, 6) is -0.476. The van der Waals surface area contributed by atoms with Crippen LogP contribution in [0.15, 0.2) is 35.1 Å². The zero-order chi connectivity index (χ0) is 14.4. The number of anilines is 1. The van der Waals surface area contributed by atoms with Crippen molar-refractivity contribution in [3.05, 3.63) is 42.0 Å². The van der Waals surface area contributed by atoms with Gasteiger partial charge in [0.1, 0.15) is 6.26 Å². The van der Waals surface area contributed by atoms with Gasteiger partial charge in [-0.05, 0) is 26.0 Å². The van der Waals surface area contributed by atoms with E-state index in [9.17, 15) is 4.79 Å². The Labute approximate surface area is 117 Å². The van der Waals surface area contributed by atoms with Crippen LogP contribution in [0.3, 0.4) is 0 Å². The van der Waals surface area contributed by atoms with Crippen molar-refractivity contribution in [1.29, 1.82) is 0 Å². The molecule has 2 heterocycles. The molecular weight excluding hydrogens is 258 g/mol. The zero-order valence-corrected chi connectivity index (χ0v) is 11.6. The lowest BCUT2D eigenvalue weighted by Gasteiger charge is -2.17. The largest absolute Gasteiger partial charge is 0.461 e. The van der Waals surface area contributed by atoms with E-state index < -0.39 is 5.97 Å². The molecule has 0 amide bonds. The minimum atomic E-state index is -0.476. The number of carbonyl (C=O) groups excluding carboxylic acids is 1. The first kappa shape index (κ1) is 14.0. The van der Waals surface area contributed by atoms with Gasteiger partial charge in [-0.15, -0.1) is 0 Å². The van der Waals surface area contributed by atoms with Gasteiger partial charge < -0.3 is 14.1 Å². The molecule has 0 aromatic carbocycles. The molecule has 2 aromatic heterocycles. The topological polar surface area (TPSA) is 68.5 Å². The van der Waals surface area contributed by atoms with E-state index in [1.807, 2.05) is 30.0 Å². The van der Waals surface area contributed by atoms with Crippen molar-refractivity contribution in [2.45, 2.75) is 20.4 Å². The Balaban J connectivity index is 2.10. The Bertz CT molecular complexity index is 554. The standard InChI is InChI=1S/C14H17N3O3/c1-3-17(9-11-7-5-6-8-15-11)14-16-12(10-20-14)13(18)19-4-2/h5-8,10H,3-4,9H2,1-2H3. The monoisotopic (exact) mass is 275 g/mol. The van der Waals surface area contributed by atoms with E-state index in [-0.39, 0.29) is 5.69 Å². The maximum Gasteiger partial charge on any atom is 0.360 e. The number of ether oxygens (including phenoxy) is 1. The summed E-state index contributed by atoms with van der Waals surface area (Å²) in [6.07, 6.45) is 3.05. The number of hydrogen-bond donors (Lipinski definition) is 0. The number of carbonyl (C=O) groups is 1. The smallest absolute Gasteiger partial charge is 0.360 e. The molecule has 0 unspecified atom stereocenters. The predicted molar refractivity (Wildman–Crippen MR) is 73.4 cm³/mol. The number of rotatable bonds is 6. The number of esters is 1. The van der Waals surface area contributed by atoms with Gasteiger partial charge in [0.15, 0.2) is 5.69 Å². The third kappa shape index (κ3) is 3.34. The summed E-state index contributed by atoms with van der Waals surface area (Å²) in [6.45, 7) is 5.31. The number of nitrogens with zero attached hydrogens (tertiary/aromatic N) is 3. The molecule has 0 bridgehead atoms. The molecule has 0 saturated heterocycles. The molecule has 6 nitrogen and oxygen atoms in total. The summed E-state index contributed by atoms with van der Waals surface area (Å²) in [6, 6.07) is 6.11. The second-order valence-electron chi connectivity index (χ2n) is 4.07. The van der Waals surface area contributed by atoms with Gasteiger partial charge >= 0.3 is 5.97 Å². The molecule has 0 fully saturated rings. The van der Waals surface area contributed by atoms with Crippen LogP contribution in [0.4, 0.5) is 6.01 Å². The summed E-state index contributed by atoms with van der Waals surface area (Å²) in [5, 5.41) is 0. The highest BCUT2D eigenvalue weighted by Gasteiger charge is 2.17. The number of hydrogen-bond acceptors (Lipinski definition) is 6. The maximum atomic E-state index is 11.6. The second kappa shape index (κ2) is 6.70. The summed E-state index contributed by atoms with van der Waals surface area (Å²) in [5.41, 5.74) is 1.09. The predicted octanol–water partition coefficient (Wildman–Crippen LogP) is 2.27. The van der Waals surface area contributed by atoms with Crippen molar-refractivity contribution < 1.29 is 13.9 Å². The van der Waals surface area contributed by atoms with Crippen LogP contribution < -0.4 is 4.90 Å². The summed E-state index contributed by atoms with van der Waals surface area (Å²) >= 11 is 0. The van der Waals surface area contributed by atoms with Crippen LogP contribution in [-0.2, 0) is 11.3 Å². The van der Waals surface area contributed by atoms with Crippen molar-refractivity contribution in [3.63, 3.8) is 0 Å². The highest BCUT2D eigenvalue weighted by atomic mass is 16.5. The van der Waals surface area contributed by atoms with E-state index in [2.05, 4.69) is 9.97 Å². The van der Waals surface area contributed by atoms with Gasteiger partial charge in [0, 0.05) is 12.7 Å². The number of oxazole rings is 1. The van der Waals surface area contributed by atoms with Gasteiger partial charge in [0.05, 0.1) is 18.8 Å². The van der Waals surface area contributed by atoms with Crippen molar-refractivity contribution in [2.75, 3.05) is 18.1 Å². The molecule has 2 aromatic rings. The third-order valence-electron chi connectivity index (χ3n) is 2.71. The molecule has 6 heteroatoms. The normalized spacial score (nSPS) is 10.3. The molecule has 0 N–H and O–H groups in total. The first-order valence-electron chi connectivity index (χ1n) is 6.52. The summed E-state index contributed by atoms with van der Waals surface area (Å²) in [7, 11) is 0. The van der Waals surface area contributed by atoms with Crippen molar-refractivity contribution in [3.8, 4) is 0 Å². The number of pyridine rings is 1. The highest BCUT2D eigenvalue weighted by molar-refractivity contribution is 5.87. The fourth-order valence-corrected chi connectivity index (χ4v) is 1.71. The molecule has 20 heavy (non-hydrogen) atoms. The lowest BCUT2D eigenvalue weighted by Crippen LogP contribution is -2.23. The van der Waals surface area contributed by atoms with Gasteiger partial charge in [-0.2, -0.15) is 4.98 Å². The zero-order valence-electron chi connectivity index (χ0n) is 11.6. The molecule has 0 spiro atoms. The second-order valence-corrected chi connectivity index (χ2v) is 4.07. The molecule has 0 radical (unpaired) electrons. The van der Waals surface area contributed by atoms with Crippen LogP contribution in [0.2, 0.25) is 0 Å². The molecule has 0 aliphatic carbocycles. The fourth-order valence-electron chi connectivity index (χ4n) is 1.71. The Morgan fingerprint density at radius 1 is 1.40 bits per heavy atom. The number of aromatic nitrogens is 2.